The van der Waals surface area contributed by atoms with Crippen molar-refractivity contribution in [1.82, 2.24) is 4.98 Å². The summed E-state index contributed by atoms with van der Waals surface area (Å²) >= 11 is 6.25. The van der Waals surface area contributed by atoms with E-state index in [1.165, 1.54) is 23.3 Å². The lowest BCUT2D eigenvalue weighted by atomic mass is 10.3. The molecule has 0 atom stereocenters. The topological polar surface area (TPSA) is 22.1 Å². The van der Waals surface area contributed by atoms with Crippen LogP contribution in [-0.4, -0.2) is 13.1 Å². The number of aromatic nitrogens is 1. The third-order valence-corrected chi connectivity index (χ3v) is 10.2. The number of halogens is 1. The number of pyridine rings is 1. The molecule has 0 fully saturated rings. The molecule has 1 aromatic heterocycles. The van der Waals surface area contributed by atoms with Gasteiger partial charge in [0, 0.05) is 17.3 Å². The van der Waals surface area contributed by atoms with Crippen LogP contribution in [0.3, 0.4) is 0 Å². The molecule has 0 aliphatic heterocycles. The highest BCUT2D eigenvalue weighted by Gasteiger charge is 2.32. The second kappa shape index (κ2) is 7.10. The molecule has 0 radical (unpaired) electrons. The van der Waals surface area contributed by atoms with Gasteiger partial charge in [0.2, 0.25) is 5.88 Å². The zero-order chi connectivity index (χ0) is 15.3. The van der Waals surface area contributed by atoms with Crippen LogP contribution in [0.1, 0.15) is 20.8 Å². The Morgan fingerprint density at radius 2 is 1.76 bits per heavy atom. The molecule has 0 spiro atoms. The van der Waals surface area contributed by atoms with Crippen molar-refractivity contribution >= 4 is 24.9 Å². The number of nitrogens with zero attached hydrogens (tertiary/aromatic N) is 1. The van der Waals surface area contributed by atoms with Crippen LogP contribution in [0.2, 0.25) is 23.2 Å². The Morgan fingerprint density at radius 1 is 1.05 bits per heavy atom. The molecule has 0 bridgehead atoms. The van der Waals surface area contributed by atoms with E-state index < -0.39 is 8.07 Å². The number of hydrogen-bond donors (Lipinski definition) is 0. The second-order valence-corrected chi connectivity index (χ2v) is 10.9. The van der Waals surface area contributed by atoms with Crippen molar-refractivity contribution in [3.8, 4) is 11.6 Å². The minimum atomic E-state index is -1.56. The summed E-state index contributed by atoms with van der Waals surface area (Å²) < 4.78 is 6.04. The molecule has 21 heavy (non-hydrogen) atoms. The van der Waals surface area contributed by atoms with Crippen LogP contribution in [0.5, 0.6) is 11.6 Å². The van der Waals surface area contributed by atoms with Gasteiger partial charge in [-0.25, -0.2) is 4.98 Å². The van der Waals surface area contributed by atoms with Crippen molar-refractivity contribution in [3.05, 3.63) is 47.6 Å². The summed E-state index contributed by atoms with van der Waals surface area (Å²) in [7, 11) is -1.56. The fraction of sp³-hybridized carbons (Fsp3) is 0.353. The summed E-state index contributed by atoms with van der Waals surface area (Å²) in [6.07, 6.45) is 1.75. The van der Waals surface area contributed by atoms with Crippen LogP contribution in [-0.2, 0) is 0 Å². The van der Waals surface area contributed by atoms with E-state index in [0.717, 1.165) is 10.8 Å². The zero-order valence-corrected chi connectivity index (χ0v) is 14.7. The summed E-state index contributed by atoms with van der Waals surface area (Å²) in [5, 5.41) is 2.10. The predicted octanol–water partition coefficient (Wildman–Crippen LogP) is 5.24. The van der Waals surface area contributed by atoms with E-state index in [4.69, 9.17) is 16.3 Å². The molecule has 0 unspecified atom stereocenters. The summed E-state index contributed by atoms with van der Waals surface area (Å²) in [4.78, 5) is 4.26. The van der Waals surface area contributed by atoms with Gasteiger partial charge in [0.25, 0.3) is 0 Å². The van der Waals surface area contributed by atoms with Gasteiger partial charge in [0.1, 0.15) is 5.75 Å². The minimum absolute atomic E-state index is 0.632. The molecule has 0 aliphatic carbocycles. The van der Waals surface area contributed by atoms with E-state index in [-0.39, 0.29) is 0 Å². The van der Waals surface area contributed by atoms with Crippen molar-refractivity contribution < 1.29 is 4.74 Å². The van der Waals surface area contributed by atoms with E-state index in [0.29, 0.717) is 5.88 Å². The standard InChI is InChI=1S/C17H22ClNOSi/c1-4-21(5-2,6-3)16-13-14(18)10-11-15(16)20-17-9-7-8-12-19-17/h7-13H,4-6H2,1-3H3. The normalized spacial score (nSPS) is 11.4. The van der Waals surface area contributed by atoms with Gasteiger partial charge >= 0.3 is 0 Å². The van der Waals surface area contributed by atoms with E-state index >= 15 is 0 Å². The molecule has 112 valence electrons. The van der Waals surface area contributed by atoms with Gasteiger partial charge in [0.15, 0.2) is 0 Å². The van der Waals surface area contributed by atoms with Crippen LogP contribution in [0.15, 0.2) is 42.6 Å². The van der Waals surface area contributed by atoms with Crippen molar-refractivity contribution in [1.29, 1.82) is 0 Å². The van der Waals surface area contributed by atoms with E-state index in [1.54, 1.807) is 6.20 Å². The Balaban J connectivity index is 2.47. The lowest BCUT2D eigenvalue weighted by Crippen LogP contribution is -2.46. The quantitative estimate of drug-likeness (QED) is 0.679. The fourth-order valence-electron chi connectivity index (χ4n) is 2.85. The van der Waals surface area contributed by atoms with Crippen molar-refractivity contribution in [2.24, 2.45) is 0 Å². The Bertz CT molecular complexity index is 576. The van der Waals surface area contributed by atoms with Crippen LogP contribution in [0.4, 0.5) is 0 Å². The Labute approximate surface area is 133 Å². The van der Waals surface area contributed by atoms with Gasteiger partial charge in [-0.2, -0.15) is 0 Å². The molecular weight excluding hydrogens is 298 g/mol. The molecule has 0 saturated carbocycles. The van der Waals surface area contributed by atoms with Crippen molar-refractivity contribution in [3.63, 3.8) is 0 Å². The molecule has 4 heteroatoms. The van der Waals surface area contributed by atoms with Gasteiger partial charge in [0.05, 0.1) is 8.07 Å². The summed E-state index contributed by atoms with van der Waals surface area (Å²) in [5.74, 6) is 1.54. The van der Waals surface area contributed by atoms with Gasteiger partial charge in [-0.05, 0) is 29.5 Å². The largest absolute Gasteiger partial charge is 0.439 e. The van der Waals surface area contributed by atoms with Gasteiger partial charge in [-0.15, -0.1) is 0 Å². The van der Waals surface area contributed by atoms with Crippen LogP contribution >= 0.6 is 11.6 Å². The number of ether oxygens (including phenoxy) is 1. The lowest BCUT2D eigenvalue weighted by molar-refractivity contribution is 0.466. The first-order valence-corrected chi connectivity index (χ1v) is 10.5. The van der Waals surface area contributed by atoms with Gasteiger partial charge in [-0.3, -0.25) is 0 Å². The highest BCUT2D eigenvalue weighted by atomic mass is 35.5. The van der Waals surface area contributed by atoms with E-state index in [2.05, 4.69) is 31.8 Å². The monoisotopic (exact) mass is 319 g/mol. The van der Waals surface area contributed by atoms with Gasteiger partial charge < -0.3 is 4.74 Å². The molecule has 1 aromatic carbocycles. The molecule has 0 saturated heterocycles. The molecule has 0 amide bonds. The maximum atomic E-state index is 6.25. The van der Waals surface area contributed by atoms with Crippen molar-refractivity contribution in [2.75, 3.05) is 0 Å². The van der Waals surface area contributed by atoms with Crippen molar-refractivity contribution in [2.45, 2.75) is 38.9 Å². The molecule has 2 rings (SSSR count). The smallest absolute Gasteiger partial charge is 0.219 e. The molecule has 0 N–H and O–H groups in total. The van der Waals surface area contributed by atoms with Crippen LogP contribution in [0.25, 0.3) is 0 Å². The Kier molecular flexibility index (Phi) is 5.43. The molecule has 0 aliphatic rings. The SMILES string of the molecule is CC[Si](CC)(CC)c1cc(Cl)ccc1Oc1ccccn1. The minimum Gasteiger partial charge on any atom is -0.439 e. The number of benzene rings is 1. The average molecular weight is 320 g/mol. The summed E-state index contributed by atoms with van der Waals surface area (Å²) in [5.41, 5.74) is 0. The first-order valence-electron chi connectivity index (χ1n) is 7.54. The predicted molar refractivity (Wildman–Crippen MR) is 92.6 cm³/mol. The highest BCUT2D eigenvalue weighted by molar-refractivity contribution is 6.92. The summed E-state index contributed by atoms with van der Waals surface area (Å²) in [6.45, 7) is 6.85. The Morgan fingerprint density at radius 3 is 2.33 bits per heavy atom. The average Bonchev–Trinajstić information content (AvgIpc) is 2.53. The number of rotatable bonds is 6. The lowest BCUT2D eigenvalue weighted by Gasteiger charge is -2.30. The van der Waals surface area contributed by atoms with E-state index in [1.807, 2.05) is 30.3 Å². The first kappa shape index (κ1) is 16.1. The van der Waals surface area contributed by atoms with Crippen LogP contribution in [0, 0.1) is 0 Å². The molecule has 2 aromatic rings. The van der Waals surface area contributed by atoms with Gasteiger partial charge in [-0.1, -0.05) is 56.6 Å². The first-order chi connectivity index (χ1) is 10.1. The number of hydrogen-bond acceptors (Lipinski definition) is 2. The zero-order valence-electron chi connectivity index (χ0n) is 12.9. The van der Waals surface area contributed by atoms with Crippen LogP contribution < -0.4 is 9.92 Å². The molecule has 1 heterocycles. The van der Waals surface area contributed by atoms with E-state index in [9.17, 15) is 0 Å². The third-order valence-electron chi connectivity index (χ3n) is 4.40. The molecule has 2 nitrogen and oxygen atoms in total. The fourth-order valence-corrected chi connectivity index (χ4v) is 6.87. The third kappa shape index (κ3) is 3.47. The highest BCUT2D eigenvalue weighted by Crippen LogP contribution is 2.28. The maximum Gasteiger partial charge on any atom is 0.219 e. The second-order valence-electron chi connectivity index (χ2n) is 5.25. The summed E-state index contributed by atoms with van der Waals surface area (Å²) in [6, 6.07) is 15.3. The maximum absolute atomic E-state index is 6.25. The Hall–Kier alpha value is -1.32. The molecular formula is C17H22ClNOSi.